The fraction of sp³-hybridized carbons (Fsp3) is 0.850. The third-order valence-corrected chi connectivity index (χ3v) is 4.94. The third kappa shape index (κ3) is 6.21. The smallest absolute Gasteiger partial charge is 0.308 e. The molecule has 0 amide bonds. The molecule has 3 atom stereocenters. The van der Waals surface area contributed by atoms with Crippen LogP contribution in [0.3, 0.4) is 0 Å². The normalized spacial score (nSPS) is 26.0. The first-order chi connectivity index (χ1) is 11.4. The number of nitrogens with zero attached hydrogens (tertiary/aromatic N) is 1. The predicted octanol–water partition coefficient (Wildman–Crippen LogP) is 4.15. The number of hydrogen-bond acceptors (Lipinski definition) is 4. The molecule has 3 unspecified atom stereocenters. The average molecular weight is 338 g/mol. The second-order valence-corrected chi connectivity index (χ2v) is 8.18. The highest BCUT2D eigenvalue weighted by Crippen LogP contribution is 2.38. The van der Waals surface area contributed by atoms with Crippen LogP contribution >= 0.6 is 0 Å². The molecule has 24 heavy (non-hydrogen) atoms. The van der Waals surface area contributed by atoms with Crippen LogP contribution in [0.5, 0.6) is 0 Å². The van der Waals surface area contributed by atoms with E-state index >= 15 is 0 Å². The van der Waals surface area contributed by atoms with Crippen LogP contribution in [0.15, 0.2) is 12.2 Å². The van der Waals surface area contributed by atoms with Crippen molar-refractivity contribution in [2.24, 2.45) is 11.8 Å². The molecule has 1 saturated heterocycles. The molecule has 0 N–H and O–H groups in total. The molecular formula is C20H35NO3. The van der Waals surface area contributed by atoms with Gasteiger partial charge in [0.15, 0.2) is 0 Å². The van der Waals surface area contributed by atoms with Gasteiger partial charge in [-0.25, -0.2) is 0 Å². The van der Waals surface area contributed by atoms with E-state index in [0.29, 0.717) is 13.0 Å². The van der Waals surface area contributed by atoms with Gasteiger partial charge in [0, 0.05) is 19.5 Å². The molecule has 4 nitrogen and oxygen atoms in total. The van der Waals surface area contributed by atoms with Crippen LogP contribution < -0.4 is 0 Å². The van der Waals surface area contributed by atoms with Crippen molar-refractivity contribution < 1.29 is 14.3 Å². The largest absolute Gasteiger partial charge is 0.460 e. The number of allylic oxidation sites excluding steroid dienone is 1. The van der Waals surface area contributed by atoms with Gasteiger partial charge in [0.25, 0.3) is 0 Å². The van der Waals surface area contributed by atoms with Crippen molar-refractivity contribution in [3.63, 3.8) is 0 Å². The van der Waals surface area contributed by atoms with Crippen LogP contribution in [0, 0.1) is 11.8 Å². The third-order valence-electron chi connectivity index (χ3n) is 4.94. The topological polar surface area (TPSA) is 38.8 Å². The molecule has 0 aromatic rings. The summed E-state index contributed by atoms with van der Waals surface area (Å²) in [6.07, 6.45) is 10.9. The van der Waals surface area contributed by atoms with Crippen molar-refractivity contribution in [2.75, 3.05) is 19.7 Å². The maximum atomic E-state index is 11.9. The summed E-state index contributed by atoms with van der Waals surface area (Å²) in [6.45, 7) is 10.6. The maximum absolute atomic E-state index is 11.9. The number of carbonyl (C=O) groups is 1. The summed E-state index contributed by atoms with van der Waals surface area (Å²) >= 11 is 0. The number of hydrogen-bond donors (Lipinski definition) is 0. The monoisotopic (exact) mass is 337 g/mol. The molecule has 0 aromatic carbocycles. The molecular weight excluding hydrogens is 302 g/mol. The quantitative estimate of drug-likeness (QED) is 0.493. The molecule has 2 rings (SSSR count). The Morgan fingerprint density at radius 1 is 1.21 bits per heavy atom. The second kappa shape index (κ2) is 9.00. The number of likely N-dealkylation sites (tertiary alicyclic amines) is 1. The first-order valence-corrected chi connectivity index (χ1v) is 9.61. The van der Waals surface area contributed by atoms with Gasteiger partial charge in [0.1, 0.15) is 11.8 Å². The Morgan fingerprint density at radius 3 is 2.46 bits per heavy atom. The van der Waals surface area contributed by atoms with Gasteiger partial charge in [-0.05, 0) is 51.9 Å². The van der Waals surface area contributed by atoms with Gasteiger partial charge in [-0.15, -0.1) is 0 Å². The zero-order valence-electron chi connectivity index (χ0n) is 15.9. The van der Waals surface area contributed by atoms with Crippen LogP contribution in [0.25, 0.3) is 0 Å². The van der Waals surface area contributed by atoms with E-state index in [1.54, 1.807) is 0 Å². The van der Waals surface area contributed by atoms with Gasteiger partial charge in [0.05, 0.1) is 13.0 Å². The SMILES string of the molecule is CC/C=C\CC(OCCC(=O)OC(C)(C)C)N1CC2CCCC2C1. The Morgan fingerprint density at radius 2 is 1.88 bits per heavy atom. The molecule has 1 saturated carbocycles. The minimum atomic E-state index is -0.424. The molecule has 0 aromatic heterocycles. The van der Waals surface area contributed by atoms with Crippen molar-refractivity contribution in [3.8, 4) is 0 Å². The van der Waals surface area contributed by atoms with E-state index in [9.17, 15) is 4.79 Å². The number of esters is 1. The lowest BCUT2D eigenvalue weighted by molar-refractivity contribution is -0.157. The standard InChI is InChI=1S/C20H35NO3/c1-5-6-7-11-18(21-14-16-9-8-10-17(16)15-21)23-13-12-19(22)24-20(2,3)4/h6-7,16-18H,5,8-15H2,1-4H3/b7-6-. The minimum Gasteiger partial charge on any atom is -0.460 e. The Labute approximate surface area is 147 Å². The summed E-state index contributed by atoms with van der Waals surface area (Å²) in [6, 6.07) is 0. The minimum absolute atomic E-state index is 0.0980. The van der Waals surface area contributed by atoms with Gasteiger partial charge in [-0.3, -0.25) is 9.69 Å². The molecule has 0 spiro atoms. The molecule has 4 heteroatoms. The first kappa shape index (κ1) is 19.5. The summed E-state index contributed by atoms with van der Waals surface area (Å²) in [7, 11) is 0. The highest BCUT2D eigenvalue weighted by Gasteiger charge is 2.38. The van der Waals surface area contributed by atoms with E-state index in [-0.39, 0.29) is 12.2 Å². The predicted molar refractivity (Wildman–Crippen MR) is 96.7 cm³/mol. The van der Waals surface area contributed by atoms with Crippen LogP contribution in [0.1, 0.15) is 66.2 Å². The van der Waals surface area contributed by atoms with Gasteiger partial charge in [0.2, 0.25) is 0 Å². The lowest BCUT2D eigenvalue weighted by Crippen LogP contribution is -2.36. The van der Waals surface area contributed by atoms with Crippen molar-refractivity contribution >= 4 is 5.97 Å². The van der Waals surface area contributed by atoms with Gasteiger partial charge < -0.3 is 9.47 Å². The summed E-state index contributed by atoms with van der Waals surface area (Å²) < 4.78 is 11.5. The molecule has 1 heterocycles. The zero-order chi connectivity index (χ0) is 17.6. The Kier molecular flexibility index (Phi) is 7.30. The first-order valence-electron chi connectivity index (χ1n) is 9.61. The van der Waals surface area contributed by atoms with E-state index in [2.05, 4.69) is 24.0 Å². The molecule has 2 fully saturated rings. The fourth-order valence-corrected chi connectivity index (χ4v) is 3.88. The van der Waals surface area contributed by atoms with E-state index in [0.717, 1.165) is 37.8 Å². The van der Waals surface area contributed by atoms with Gasteiger partial charge >= 0.3 is 5.97 Å². The Balaban J connectivity index is 1.80. The van der Waals surface area contributed by atoms with Crippen molar-refractivity contribution in [1.82, 2.24) is 4.90 Å². The number of rotatable bonds is 8. The summed E-state index contributed by atoms with van der Waals surface area (Å²) in [5.41, 5.74) is -0.424. The number of fused-ring (bicyclic) bond motifs is 1. The average Bonchev–Trinajstić information content (AvgIpc) is 3.05. The number of ether oxygens (including phenoxy) is 2. The lowest BCUT2D eigenvalue weighted by Gasteiger charge is -2.28. The van der Waals surface area contributed by atoms with E-state index in [1.807, 2.05) is 20.8 Å². The van der Waals surface area contributed by atoms with Crippen LogP contribution in [0.4, 0.5) is 0 Å². The molecule has 0 radical (unpaired) electrons. The molecule has 1 aliphatic carbocycles. The lowest BCUT2D eigenvalue weighted by atomic mass is 10.0. The van der Waals surface area contributed by atoms with Crippen LogP contribution in [-0.4, -0.2) is 42.4 Å². The van der Waals surface area contributed by atoms with E-state index in [1.165, 1.54) is 19.3 Å². The maximum Gasteiger partial charge on any atom is 0.308 e. The molecule has 0 bridgehead atoms. The van der Waals surface area contributed by atoms with Gasteiger partial charge in [-0.2, -0.15) is 0 Å². The highest BCUT2D eigenvalue weighted by atomic mass is 16.6. The Hall–Kier alpha value is -0.870. The Bertz CT molecular complexity index is 415. The highest BCUT2D eigenvalue weighted by molar-refractivity contribution is 5.69. The van der Waals surface area contributed by atoms with E-state index < -0.39 is 5.60 Å². The van der Waals surface area contributed by atoms with Crippen LogP contribution in [-0.2, 0) is 14.3 Å². The second-order valence-electron chi connectivity index (χ2n) is 8.18. The van der Waals surface area contributed by atoms with Gasteiger partial charge in [-0.1, -0.05) is 25.5 Å². The van der Waals surface area contributed by atoms with Crippen LogP contribution in [0.2, 0.25) is 0 Å². The molecule has 138 valence electrons. The summed E-state index contributed by atoms with van der Waals surface area (Å²) in [4.78, 5) is 14.3. The fourth-order valence-electron chi connectivity index (χ4n) is 3.88. The number of carbonyl (C=O) groups excluding carboxylic acids is 1. The zero-order valence-corrected chi connectivity index (χ0v) is 15.9. The van der Waals surface area contributed by atoms with Crippen molar-refractivity contribution in [2.45, 2.75) is 78.0 Å². The molecule has 1 aliphatic heterocycles. The summed E-state index contributed by atoms with van der Waals surface area (Å²) in [5, 5.41) is 0. The van der Waals surface area contributed by atoms with E-state index in [4.69, 9.17) is 9.47 Å². The summed E-state index contributed by atoms with van der Waals surface area (Å²) in [5.74, 6) is 1.54. The molecule has 2 aliphatic rings. The van der Waals surface area contributed by atoms with Crippen molar-refractivity contribution in [3.05, 3.63) is 12.2 Å². The van der Waals surface area contributed by atoms with Crippen molar-refractivity contribution in [1.29, 1.82) is 0 Å².